The van der Waals surface area contributed by atoms with Crippen molar-refractivity contribution in [1.29, 1.82) is 0 Å². The molecule has 1 atom stereocenters. The molecule has 0 aliphatic heterocycles. The number of hydroxylamine groups is 2. The fourth-order valence-corrected chi connectivity index (χ4v) is 4.38. The molecule has 1 amide bonds. The van der Waals surface area contributed by atoms with E-state index in [4.69, 9.17) is 9.84 Å². The van der Waals surface area contributed by atoms with Crippen molar-refractivity contribution in [2.24, 2.45) is 0 Å². The van der Waals surface area contributed by atoms with Crippen LogP contribution < -0.4 is 9.47 Å². The number of aliphatic hydroxyl groups excluding tert-OH is 1. The molecule has 31 heavy (non-hydrogen) atoms. The Balaban J connectivity index is 2.24. The molecule has 0 aliphatic rings. The SMILES string of the molecule is O=CN(O)C(CCCO)CS(=O)(=O)c1ccccc1Oc1ccc(OC(F)(F)F)cc1. The fraction of sp³-hybridized carbons (Fsp3) is 0.316. The molecule has 8 nitrogen and oxygen atoms in total. The van der Waals surface area contributed by atoms with Crippen molar-refractivity contribution in [3.8, 4) is 17.2 Å². The summed E-state index contributed by atoms with van der Waals surface area (Å²) in [6, 6.07) is 8.84. The molecule has 0 aromatic heterocycles. The van der Waals surface area contributed by atoms with Crippen LogP contribution in [0, 0.1) is 0 Å². The highest BCUT2D eigenvalue weighted by molar-refractivity contribution is 7.91. The normalized spacial score (nSPS) is 12.8. The Morgan fingerprint density at radius 2 is 1.68 bits per heavy atom. The van der Waals surface area contributed by atoms with Crippen LogP contribution in [0.4, 0.5) is 13.2 Å². The second-order valence-corrected chi connectivity index (χ2v) is 8.36. The molecule has 0 radical (unpaired) electrons. The molecule has 0 saturated carbocycles. The number of aliphatic hydroxyl groups is 1. The topological polar surface area (TPSA) is 113 Å². The molecule has 170 valence electrons. The summed E-state index contributed by atoms with van der Waals surface area (Å²) < 4.78 is 71.9. The van der Waals surface area contributed by atoms with E-state index in [1.165, 1.54) is 36.4 Å². The predicted octanol–water partition coefficient (Wildman–Crippen LogP) is 3.14. The largest absolute Gasteiger partial charge is 0.573 e. The van der Waals surface area contributed by atoms with E-state index in [1.807, 2.05) is 0 Å². The number of carbonyl (C=O) groups excluding carboxylic acids is 1. The van der Waals surface area contributed by atoms with Crippen LogP contribution in [0.2, 0.25) is 0 Å². The average molecular weight is 463 g/mol. The van der Waals surface area contributed by atoms with Crippen LogP contribution in [0.3, 0.4) is 0 Å². The van der Waals surface area contributed by atoms with Crippen LogP contribution in [0.1, 0.15) is 12.8 Å². The van der Waals surface area contributed by atoms with Crippen LogP contribution in [-0.2, 0) is 14.6 Å². The molecule has 0 saturated heterocycles. The Labute approximate surface area is 176 Å². The van der Waals surface area contributed by atoms with Gasteiger partial charge in [-0.1, -0.05) is 12.1 Å². The van der Waals surface area contributed by atoms with E-state index in [2.05, 4.69) is 4.74 Å². The Morgan fingerprint density at radius 1 is 1.06 bits per heavy atom. The lowest BCUT2D eigenvalue weighted by Gasteiger charge is -2.22. The van der Waals surface area contributed by atoms with Crippen molar-refractivity contribution in [1.82, 2.24) is 5.06 Å². The second-order valence-electron chi connectivity index (χ2n) is 6.35. The summed E-state index contributed by atoms with van der Waals surface area (Å²) >= 11 is 0. The Morgan fingerprint density at radius 3 is 2.26 bits per heavy atom. The molecular formula is C19H20F3NO7S. The number of nitrogens with zero attached hydrogens (tertiary/aromatic N) is 1. The van der Waals surface area contributed by atoms with Gasteiger partial charge in [-0.25, -0.2) is 13.5 Å². The quantitative estimate of drug-likeness (QED) is 0.299. The zero-order valence-corrected chi connectivity index (χ0v) is 16.8. The smallest absolute Gasteiger partial charge is 0.456 e. The molecule has 0 aliphatic carbocycles. The van der Waals surface area contributed by atoms with Gasteiger partial charge < -0.3 is 14.6 Å². The second kappa shape index (κ2) is 10.5. The number of rotatable bonds is 11. The standard InChI is InChI=1S/C19H20F3NO7S/c20-19(21,22)30-16-9-7-15(8-10-16)29-17-5-1-2-6-18(17)31(27,28)12-14(4-3-11-24)23(26)13-25/h1-2,5-10,13-14,24,26H,3-4,11-12H2. The lowest BCUT2D eigenvalue weighted by Crippen LogP contribution is -2.37. The first-order valence-electron chi connectivity index (χ1n) is 8.94. The van der Waals surface area contributed by atoms with Gasteiger partial charge in [-0.3, -0.25) is 10.0 Å². The fourth-order valence-electron chi connectivity index (χ4n) is 2.68. The maximum Gasteiger partial charge on any atom is 0.573 e. The molecule has 1 unspecified atom stereocenters. The van der Waals surface area contributed by atoms with E-state index in [0.29, 0.717) is 0 Å². The zero-order chi connectivity index (χ0) is 23.1. The van der Waals surface area contributed by atoms with Crippen LogP contribution in [0.5, 0.6) is 17.2 Å². The molecule has 0 heterocycles. The van der Waals surface area contributed by atoms with E-state index in [0.717, 1.165) is 12.1 Å². The van der Waals surface area contributed by atoms with E-state index in [9.17, 15) is 31.6 Å². The molecule has 2 aromatic carbocycles. The van der Waals surface area contributed by atoms with Crippen molar-refractivity contribution in [3.05, 3.63) is 48.5 Å². The minimum Gasteiger partial charge on any atom is -0.456 e. The van der Waals surface area contributed by atoms with E-state index < -0.39 is 33.7 Å². The highest BCUT2D eigenvalue weighted by atomic mass is 32.2. The minimum atomic E-state index is -4.85. The summed E-state index contributed by atoms with van der Waals surface area (Å²) in [5, 5.41) is 18.8. The van der Waals surface area contributed by atoms with Gasteiger partial charge in [-0.05, 0) is 49.2 Å². The first-order chi connectivity index (χ1) is 14.6. The number of halogens is 3. The molecule has 2 rings (SSSR count). The van der Waals surface area contributed by atoms with E-state index in [-0.39, 0.29) is 47.3 Å². The van der Waals surface area contributed by atoms with Gasteiger partial charge in [0.15, 0.2) is 9.84 Å². The molecule has 0 spiro atoms. The monoisotopic (exact) mass is 463 g/mol. The highest BCUT2D eigenvalue weighted by Crippen LogP contribution is 2.32. The Kier molecular flexibility index (Phi) is 8.25. The highest BCUT2D eigenvalue weighted by Gasteiger charge is 2.31. The average Bonchev–Trinajstić information content (AvgIpc) is 2.71. The number of alkyl halides is 3. The lowest BCUT2D eigenvalue weighted by molar-refractivity contribution is -0.274. The van der Waals surface area contributed by atoms with E-state index >= 15 is 0 Å². The van der Waals surface area contributed by atoms with Gasteiger partial charge in [0.25, 0.3) is 0 Å². The van der Waals surface area contributed by atoms with Crippen molar-refractivity contribution in [2.45, 2.75) is 30.1 Å². The summed E-state index contributed by atoms with van der Waals surface area (Å²) in [4.78, 5) is 10.6. The number of hydrogen-bond donors (Lipinski definition) is 2. The van der Waals surface area contributed by atoms with Gasteiger partial charge in [0.1, 0.15) is 22.1 Å². The molecular weight excluding hydrogens is 443 g/mol. The zero-order valence-electron chi connectivity index (χ0n) is 16.0. The van der Waals surface area contributed by atoms with Gasteiger partial charge in [0.2, 0.25) is 6.41 Å². The van der Waals surface area contributed by atoms with Crippen LogP contribution in [0.25, 0.3) is 0 Å². The Hall–Kier alpha value is -2.83. The number of benzene rings is 2. The minimum absolute atomic E-state index is 0.0364. The van der Waals surface area contributed by atoms with Crippen LogP contribution >= 0.6 is 0 Å². The van der Waals surface area contributed by atoms with Crippen molar-refractivity contribution in [3.63, 3.8) is 0 Å². The summed E-state index contributed by atoms with van der Waals surface area (Å²) in [6.45, 7) is -0.253. The predicted molar refractivity (Wildman–Crippen MR) is 101 cm³/mol. The maximum atomic E-state index is 12.9. The number of hydrogen-bond acceptors (Lipinski definition) is 7. The van der Waals surface area contributed by atoms with Gasteiger partial charge in [-0.15, -0.1) is 13.2 Å². The van der Waals surface area contributed by atoms with Crippen molar-refractivity contribution in [2.75, 3.05) is 12.4 Å². The van der Waals surface area contributed by atoms with Gasteiger partial charge in [0, 0.05) is 6.61 Å². The number of para-hydroxylation sites is 1. The summed E-state index contributed by atoms with van der Waals surface area (Å²) in [7, 11) is -4.07. The third-order valence-corrected chi connectivity index (χ3v) is 5.89. The van der Waals surface area contributed by atoms with Crippen molar-refractivity contribution < 1.29 is 46.2 Å². The third-order valence-electron chi connectivity index (χ3n) is 4.06. The third kappa shape index (κ3) is 7.42. The van der Waals surface area contributed by atoms with Gasteiger partial charge in [0.05, 0.1) is 11.8 Å². The van der Waals surface area contributed by atoms with Crippen LogP contribution in [0.15, 0.2) is 53.4 Å². The molecule has 0 bridgehead atoms. The molecule has 2 aromatic rings. The molecule has 2 N–H and O–H groups in total. The van der Waals surface area contributed by atoms with Gasteiger partial charge >= 0.3 is 6.36 Å². The van der Waals surface area contributed by atoms with Gasteiger partial charge in [-0.2, -0.15) is 0 Å². The first-order valence-corrected chi connectivity index (χ1v) is 10.6. The summed E-state index contributed by atoms with van der Waals surface area (Å²) in [5.41, 5.74) is 0. The first kappa shape index (κ1) is 24.4. The van der Waals surface area contributed by atoms with Crippen molar-refractivity contribution >= 4 is 16.2 Å². The summed E-state index contributed by atoms with van der Waals surface area (Å²) in [5.74, 6) is -1.14. The van der Waals surface area contributed by atoms with Crippen LogP contribution in [-0.4, -0.2) is 55.0 Å². The number of sulfone groups is 1. The molecule has 12 heteroatoms. The number of amides is 1. The number of carbonyl (C=O) groups is 1. The number of ether oxygens (including phenoxy) is 2. The maximum absolute atomic E-state index is 12.9. The Bertz CT molecular complexity index is 965. The molecule has 0 fully saturated rings. The van der Waals surface area contributed by atoms with E-state index in [1.54, 1.807) is 0 Å². The summed E-state index contributed by atoms with van der Waals surface area (Å²) in [6.07, 6.45) is -4.58. The lowest BCUT2D eigenvalue weighted by atomic mass is 10.2.